The van der Waals surface area contributed by atoms with E-state index in [2.05, 4.69) is 73.1 Å². The quantitative estimate of drug-likeness (QED) is 0.0242. The van der Waals surface area contributed by atoms with E-state index in [1.54, 1.807) is 67.8 Å². The van der Waals surface area contributed by atoms with Gasteiger partial charge in [-0.1, -0.05) is 88.1 Å². The number of imidazole rings is 1. The molecule has 0 bridgehead atoms. The predicted molar refractivity (Wildman–Crippen MR) is 491 cm³/mol. The van der Waals surface area contributed by atoms with Crippen LogP contribution in [0.5, 0.6) is 5.75 Å². The number of nitrogens with one attached hydrogen (secondary N) is 13. The van der Waals surface area contributed by atoms with Crippen molar-refractivity contribution in [2.45, 2.75) is 233 Å². The van der Waals surface area contributed by atoms with Crippen LogP contribution in [0.25, 0.3) is 21.8 Å². The van der Waals surface area contributed by atoms with Crippen molar-refractivity contribution in [3.63, 3.8) is 0 Å². The number of fused-ring (bicyclic) bond motifs is 4. The Labute approximate surface area is 786 Å². The Kier molecular flexibility index (Phi) is 39.1. The lowest BCUT2D eigenvalue weighted by atomic mass is 9.99. The van der Waals surface area contributed by atoms with Crippen LogP contribution in [0.1, 0.15) is 139 Å². The van der Waals surface area contributed by atoms with Gasteiger partial charge in [0, 0.05) is 125 Å². The molecule has 3 aromatic carbocycles. The number of nitrogens with zero attached hydrogens (tertiary/aromatic N) is 6. The number of rotatable bonds is 27. The minimum Gasteiger partial charge on any atom is -0.508 e. The van der Waals surface area contributed by atoms with Gasteiger partial charge in [0.25, 0.3) is 0 Å². The highest BCUT2D eigenvalue weighted by molar-refractivity contribution is 8.00. The predicted octanol–water partition coefficient (Wildman–Crippen LogP) is -3.15. The summed E-state index contributed by atoms with van der Waals surface area (Å²) >= 11 is 0.691. The van der Waals surface area contributed by atoms with Crippen LogP contribution in [0.4, 0.5) is 0 Å². The number of hydrogen-bond donors (Lipinski definition) is 20. The molecule has 0 aliphatic carbocycles. The van der Waals surface area contributed by atoms with Crippen LogP contribution >= 0.6 is 11.8 Å². The van der Waals surface area contributed by atoms with Crippen LogP contribution < -0.4 is 70.4 Å². The normalized spacial score (nSPS) is 24.6. The first kappa shape index (κ1) is 106. The molecule has 45 nitrogen and oxygen atoms in total. The molecule has 3 saturated heterocycles. The van der Waals surface area contributed by atoms with Crippen molar-refractivity contribution in [1.82, 2.24) is 97.6 Å². The van der Waals surface area contributed by atoms with E-state index in [1.807, 2.05) is 6.92 Å². The SMILES string of the molecule is CCCC[C@H]1C(=O)N(C)[C@@H](CCCC)C(=O)N[C@@H](CCC(=O)O)C(=O)N[C@H](C(=O)NCC(N)=O)CSCC(=O)N[C@@H](Cc2ccc(O)cc2)C(=O)N(C)[C@@H](C)C(=O)N[C@@H](CC(=O)O)C(=O)N2CCC[C@H]2C(=O)N[C@@H](Cc2c[nH]cn2)C(=O)N[C@@H](CCC(N)=O)C(=O)N2C[C@H](O)C[C@H]2C(=O)N[C@@H](Cc2c[nH]c3ccccc23)C(=O)N[C@@H](CCN)C(=O)N[C@@H](Cc2c[nH]c3ccccc23)C(=O)N1C. The highest BCUT2D eigenvalue weighted by atomic mass is 32.2. The van der Waals surface area contributed by atoms with Gasteiger partial charge in [-0.05, 0) is 99.4 Å². The zero-order valence-electron chi connectivity index (χ0n) is 76.4. The molecule has 23 N–H and O–H groups in total. The molecule has 0 unspecified atom stereocenters. The largest absolute Gasteiger partial charge is 0.508 e. The summed E-state index contributed by atoms with van der Waals surface area (Å²) in [6.45, 7) is 2.99. The molecule has 0 spiro atoms. The molecule has 6 aromatic rings. The number of primary amides is 2. The number of aliphatic hydroxyl groups is 1. The first-order valence-electron chi connectivity index (χ1n) is 45.0. The molecule has 0 radical (unpaired) electrons. The van der Waals surface area contributed by atoms with Gasteiger partial charge in [-0.15, -0.1) is 11.8 Å². The highest BCUT2D eigenvalue weighted by Gasteiger charge is 2.47. The standard InChI is InChI=1S/C90H122N22O23S/c1-7-9-20-68-83(128)101-59(28-30-75(118)119)79(124)107-67(78(123)97-43-73(93)116)45-136-46-74(117)99-64(34-49-23-25-53(113)26-24-49)86(131)108(4)48(3)77(122)105-66(39-76(120)121)89(134)111-33-15-22-69(111)84(129)104-63(37-52-42-94-47-98-52)82(127)102-61(27-29-72(92)115)88(133)112-44-54(114)38-71(112)85(130)103-62(35-50-40-95-57-18-13-11-16-55(50)57)81(126)100-60(31-32-91)80(125)106-65(36-51-41-96-58-19-14-12-17-56(51)58)87(132)110(6)70(21-10-8-2)90(135)109(68)5/h11-14,16-19,23-26,40-42,47-48,54,59-71,95-96,113-114H,7-10,15,20-22,27-39,43-46,91H2,1-6H3,(H2,92,115)(H2,93,116)(H,94,98)(H,97,123)(H,99,117)(H,100,126)(H,101,128)(H,102,127)(H,103,130)(H,104,129)(H,105,122)(H,106,125)(H,107,124)(H,118,119)(H,120,121)/t48-,54+,59-,60-,61-,62-,63-,64-,65-,66-,67-,68-,69-,70-,71-/m0/s1. The van der Waals surface area contributed by atoms with E-state index in [4.69, 9.17) is 17.2 Å². The van der Waals surface area contributed by atoms with Gasteiger partial charge in [-0.2, -0.15) is 0 Å². The number of amides is 17. The average Bonchev–Trinajstić information content (AvgIpc) is 1.64. The number of benzene rings is 3. The van der Waals surface area contributed by atoms with Gasteiger partial charge < -0.3 is 130 Å². The molecule has 6 heterocycles. The first-order chi connectivity index (χ1) is 64.8. The van der Waals surface area contributed by atoms with Crippen molar-refractivity contribution in [2.75, 3.05) is 58.8 Å². The summed E-state index contributed by atoms with van der Waals surface area (Å²) in [7, 11) is 3.78. The van der Waals surface area contributed by atoms with E-state index in [0.29, 0.717) is 69.5 Å². The van der Waals surface area contributed by atoms with Gasteiger partial charge in [0.05, 0.1) is 36.8 Å². The zero-order chi connectivity index (χ0) is 99.3. The summed E-state index contributed by atoms with van der Waals surface area (Å²) in [6.07, 6.45) is 0.0161. The number of aliphatic hydroxyl groups excluding tert-OH is 1. The number of likely N-dealkylation sites (N-methyl/N-ethyl adjacent to an activating group) is 3. The van der Waals surface area contributed by atoms with Crippen LogP contribution in [0.3, 0.4) is 0 Å². The number of carbonyl (C=O) groups is 19. The highest BCUT2D eigenvalue weighted by Crippen LogP contribution is 2.28. The van der Waals surface area contributed by atoms with E-state index in [0.717, 1.165) is 31.5 Å². The van der Waals surface area contributed by atoms with Crippen LogP contribution in [0.2, 0.25) is 0 Å². The number of nitrogens with two attached hydrogens (primary N) is 3. The minimum atomic E-state index is -1.95. The molecule has 3 aromatic heterocycles. The number of thioether (sulfide) groups is 1. The number of aliphatic carboxylic acids is 2. The topological polar surface area (TPSA) is 680 Å². The maximum atomic E-state index is 15.8. The number of carbonyl (C=O) groups excluding carboxylic acids is 17. The Morgan fingerprint density at radius 2 is 1.04 bits per heavy atom. The number of aromatic hydroxyl groups is 1. The van der Waals surface area contributed by atoms with Crippen molar-refractivity contribution in [2.24, 2.45) is 17.2 Å². The van der Waals surface area contributed by atoms with Crippen molar-refractivity contribution >= 4 is 146 Å². The fourth-order valence-electron chi connectivity index (χ4n) is 16.6. The fraction of sp³-hybridized carbons (Fsp3) is 0.511. The molecule has 3 aliphatic heterocycles. The third kappa shape index (κ3) is 29.2. The van der Waals surface area contributed by atoms with E-state index >= 15 is 38.4 Å². The lowest BCUT2D eigenvalue weighted by Crippen LogP contribution is -2.61. The number of unbranched alkanes of at least 4 members (excludes halogenated alkanes) is 2. The Balaban J connectivity index is 1.11. The first-order valence-corrected chi connectivity index (χ1v) is 46.2. The lowest BCUT2D eigenvalue weighted by Gasteiger charge is -2.36. The van der Waals surface area contributed by atoms with Crippen LogP contribution in [-0.4, -0.2) is 327 Å². The summed E-state index contributed by atoms with van der Waals surface area (Å²) in [5.74, 6) is -21.5. The third-order valence-corrected chi connectivity index (χ3v) is 25.2. The van der Waals surface area contributed by atoms with Gasteiger partial charge in [0.2, 0.25) is 100 Å². The van der Waals surface area contributed by atoms with E-state index in [-0.39, 0.29) is 82.3 Å². The Morgan fingerprint density at radius 3 is 1.63 bits per heavy atom. The molecule has 9 rings (SSSR count). The molecule has 46 heteroatoms. The van der Waals surface area contributed by atoms with E-state index in [9.17, 15) is 73.2 Å². The number of carboxylic acid groups (broad SMARTS) is 2. The maximum absolute atomic E-state index is 15.8. The fourth-order valence-corrected chi connectivity index (χ4v) is 17.4. The van der Waals surface area contributed by atoms with Crippen LogP contribution in [0, 0.1) is 0 Å². The van der Waals surface area contributed by atoms with Gasteiger partial charge in [0.15, 0.2) is 0 Å². The molecular formula is C90H122N22O23S. The van der Waals surface area contributed by atoms with Crippen molar-refractivity contribution in [1.29, 1.82) is 0 Å². The number of carboxylic acids is 2. The van der Waals surface area contributed by atoms with E-state index in [1.165, 1.54) is 57.8 Å². The average molecular weight is 1910 g/mol. The number of hydrogen-bond acceptors (Lipinski definition) is 24. The lowest BCUT2D eigenvalue weighted by molar-refractivity contribution is -0.149. The molecule has 15 atom stereocenters. The number of phenolic OH excluding ortho intramolecular Hbond substituents is 1. The summed E-state index contributed by atoms with van der Waals surface area (Å²) < 4.78 is 0. The third-order valence-electron chi connectivity index (χ3n) is 24.2. The monoisotopic (exact) mass is 1910 g/mol. The van der Waals surface area contributed by atoms with E-state index < -0.39 is 273 Å². The molecule has 0 saturated carbocycles. The van der Waals surface area contributed by atoms with Crippen molar-refractivity contribution < 1.29 is 112 Å². The maximum Gasteiger partial charge on any atom is 0.305 e. The van der Waals surface area contributed by atoms with Gasteiger partial charge >= 0.3 is 11.9 Å². The summed E-state index contributed by atoms with van der Waals surface area (Å²) in [5.41, 5.74) is 20.0. The molecule has 136 heavy (non-hydrogen) atoms. The number of para-hydroxylation sites is 2. The van der Waals surface area contributed by atoms with Crippen molar-refractivity contribution in [3.05, 3.63) is 120 Å². The second kappa shape index (κ2) is 50.3. The number of H-pyrrole nitrogens is 3. The second-order valence-corrected chi connectivity index (χ2v) is 35.1. The molecule has 3 aliphatic rings. The molecule has 736 valence electrons. The van der Waals surface area contributed by atoms with Crippen LogP contribution in [-0.2, 0) is 117 Å². The van der Waals surface area contributed by atoms with Gasteiger partial charge in [-0.25, -0.2) is 4.98 Å². The second-order valence-electron chi connectivity index (χ2n) is 34.1. The van der Waals surface area contributed by atoms with Crippen LogP contribution in [0.15, 0.2) is 97.7 Å². The molecular weight excluding hydrogens is 1790 g/mol. The Hall–Kier alpha value is -14.1. The summed E-state index contributed by atoms with van der Waals surface area (Å²) in [4.78, 5) is 293. The number of aromatic amines is 3. The molecule has 3 fully saturated rings. The van der Waals surface area contributed by atoms with Gasteiger partial charge in [-0.3, -0.25) is 91.1 Å². The summed E-state index contributed by atoms with van der Waals surface area (Å²) in [5, 5.41) is 69.0. The Bertz CT molecular complexity index is 5300. The number of phenols is 1. The zero-order valence-corrected chi connectivity index (χ0v) is 77.3. The number of aromatic nitrogens is 4. The minimum absolute atomic E-state index is 0.0406. The van der Waals surface area contributed by atoms with Gasteiger partial charge in [0.1, 0.15) is 90.3 Å². The molecule has 17 amide bonds. The Morgan fingerprint density at radius 1 is 0.515 bits per heavy atom. The smallest absolute Gasteiger partial charge is 0.305 e. The summed E-state index contributed by atoms with van der Waals surface area (Å²) in [6, 6.07) is -3.62. The van der Waals surface area contributed by atoms with Crippen molar-refractivity contribution in [3.8, 4) is 5.75 Å².